The Morgan fingerprint density at radius 1 is 1.28 bits per heavy atom. The van der Waals surface area contributed by atoms with Crippen LogP contribution in [0, 0.1) is 0 Å². The average molecular weight is 246 g/mol. The van der Waals surface area contributed by atoms with Crippen LogP contribution in [0.4, 0.5) is 0 Å². The van der Waals surface area contributed by atoms with Crippen LogP contribution in [0.3, 0.4) is 0 Å². The van der Waals surface area contributed by atoms with Crippen molar-refractivity contribution in [3.8, 4) is 0 Å². The Kier molecular flexibility index (Phi) is 4.12. The number of methoxy groups -OCH3 is 1. The fourth-order valence-electron chi connectivity index (χ4n) is 1.89. The van der Waals surface area contributed by atoms with Gasteiger partial charge in [0, 0.05) is 26.8 Å². The zero-order valence-electron chi connectivity index (χ0n) is 10.7. The maximum absolute atomic E-state index is 10.1. The van der Waals surface area contributed by atoms with Gasteiger partial charge in [-0.25, -0.2) is 0 Å². The molecule has 96 valence electrons. The molecule has 0 spiro atoms. The molecule has 4 heteroatoms. The quantitative estimate of drug-likeness (QED) is 0.875. The molecule has 0 bridgehead atoms. The van der Waals surface area contributed by atoms with Crippen LogP contribution in [-0.2, 0) is 24.8 Å². The van der Waals surface area contributed by atoms with Gasteiger partial charge in [-0.2, -0.15) is 5.10 Å². The lowest BCUT2D eigenvalue weighted by molar-refractivity contribution is 0.176. The molecule has 0 aliphatic carbocycles. The summed E-state index contributed by atoms with van der Waals surface area (Å²) in [5.41, 5.74) is 2.90. The number of aromatic nitrogens is 2. The molecule has 4 nitrogen and oxygen atoms in total. The zero-order valence-corrected chi connectivity index (χ0v) is 10.7. The fraction of sp³-hybridized carbons (Fsp3) is 0.357. The second-order valence-corrected chi connectivity index (χ2v) is 4.38. The van der Waals surface area contributed by atoms with Crippen molar-refractivity contribution in [2.75, 3.05) is 7.11 Å². The average Bonchev–Trinajstić information content (AvgIpc) is 2.76. The molecule has 18 heavy (non-hydrogen) atoms. The summed E-state index contributed by atoms with van der Waals surface area (Å²) < 4.78 is 6.79. The molecule has 0 saturated carbocycles. The largest absolute Gasteiger partial charge is 0.388 e. The summed E-state index contributed by atoms with van der Waals surface area (Å²) in [4.78, 5) is 0. The normalized spacial score (nSPS) is 12.6. The highest BCUT2D eigenvalue weighted by Gasteiger charge is 2.10. The van der Waals surface area contributed by atoms with Crippen LogP contribution in [-0.4, -0.2) is 22.0 Å². The SMILES string of the molecule is COCc1ccc(C(O)Cc2ccn(C)n2)cc1. The van der Waals surface area contributed by atoms with Gasteiger partial charge in [-0.05, 0) is 17.2 Å². The monoisotopic (exact) mass is 246 g/mol. The first-order chi connectivity index (χ1) is 8.69. The highest BCUT2D eigenvalue weighted by molar-refractivity contribution is 5.24. The van der Waals surface area contributed by atoms with Gasteiger partial charge in [-0.1, -0.05) is 24.3 Å². The minimum atomic E-state index is -0.517. The van der Waals surface area contributed by atoms with Gasteiger partial charge in [0.05, 0.1) is 18.4 Å². The Balaban J connectivity index is 2.02. The molecule has 1 unspecified atom stereocenters. The van der Waals surface area contributed by atoms with Crippen LogP contribution >= 0.6 is 0 Å². The van der Waals surface area contributed by atoms with E-state index in [9.17, 15) is 5.11 Å². The summed E-state index contributed by atoms with van der Waals surface area (Å²) >= 11 is 0. The maximum Gasteiger partial charge on any atom is 0.0846 e. The first kappa shape index (κ1) is 12.8. The summed E-state index contributed by atoms with van der Waals surface area (Å²) in [7, 11) is 3.54. The molecule has 2 aromatic rings. The van der Waals surface area contributed by atoms with Crippen molar-refractivity contribution >= 4 is 0 Å². The first-order valence-corrected chi connectivity index (χ1v) is 5.93. The third kappa shape index (κ3) is 3.18. The second-order valence-electron chi connectivity index (χ2n) is 4.38. The van der Waals surface area contributed by atoms with Crippen molar-refractivity contribution in [2.45, 2.75) is 19.1 Å². The molecular formula is C14H18N2O2. The van der Waals surface area contributed by atoms with Crippen LogP contribution in [0.25, 0.3) is 0 Å². The summed E-state index contributed by atoms with van der Waals surface area (Å²) in [6, 6.07) is 9.73. The fourth-order valence-corrected chi connectivity index (χ4v) is 1.89. The van der Waals surface area contributed by atoms with E-state index in [1.54, 1.807) is 11.8 Å². The number of hydrogen-bond acceptors (Lipinski definition) is 3. The third-order valence-corrected chi connectivity index (χ3v) is 2.85. The zero-order chi connectivity index (χ0) is 13.0. The molecule has 0 radical (unpaired) electrons. The molecular weight excluding hydrogens is 228 g/mol. The van der Waals surface area contributed by atoms with Gasteiger partial charge in [-0.15, -0.1) is 0 Å². The van der Waals surface area contributed by atoms with Gasteiger partial charge < -0.3 is 9.84 Å². The van der Waals surface area contributed by atoms with E-state index >= 15 is 0 Å². The van der Waals surface area contributed by atoms with Crippen molar-refractivity contribution in [1.82, 2.24) is 9.78 Å². The molecule has 0 amide bonds. The van der Waals surface area contributed by atoms with Gasteiger partial charge in [0.2, 0.25) is 0 Å². The number of ether oxygens (including phenoxy) is 1. The molecule has 0 fully saturated rings. The number of benzene rings is 1. The van der Waals surface area contributed by atoms with Gasteiger partial charge in [0.25, 0.3) is 0 Å². The Bertz CT molecular complexity index is 491. The van der Waals surface area contributed by atoms with Crippen molar-refractivity contribution < 1.29 is 9.84 Å². The standard InChI is InChI=1S/C14H18N2O2/c1-16-8-7-13(15-16)9-14(17)12-5-3-11(4-6-12)10-18-2/h3-8,14,17H,9-10H2,1-2H3. The number of aliphatic hydroxyl groups excluding tert-OH is 1. The van der Waals surface area contributed by atoms with E-state index in [4.69, 9.17) is 4.74 Å². The van der Waals surface area contributed by atoms with E-state index in [-0.39, 0.29) is 0 Å². The van der Waals surface area contributed by atoms with Crippen molar-refractivity contribution in [3.05, 3.63) is 53.3 Å². The minimum absolute atomic E-state index is 0.517. The van der Waals surface area contributed by atoms with E-state index in [0.717, 1.165) is 16.8 Å². The van der Waals surface area contributed by atoms with E-state index < -0.39 is 6.10 Å². The van der Waals surface area contributed by atoms with Crippen LogP contribution in [0.1, 0.15) is 22.9 Å². The van der Waals surface area contributed by atoms with Crippen LogP contribution in [0.5, 0.6) is 0 Å². The second kappa shape index (κ2) is 5.80. The van der Waals surface area contributed by atoms with E-state index in [1.807, 2.05) is 43.6 Å². The topological polar surface area (TPSA) is 47.3 Å². The molecule has 1 heterocycles. The molecule has 2 rings (SSSR count). The predicted octanol–water partition coefficient (Wildman–Crippen LogP) is 1.84. The lowest BCUT2D eigenvalue weighted by atomic mass is 10.0. The molecule has 0 aliphatic rings. The molecule has 1 aromatic heterocycles. The number of aliphatic hydroxyl groups is 1. The van der Waals surface area contributed by atoms with E-state index in [1.165, 1.54) is 0 Å². The lowest BCUT2D eigenvalue weighted by Crippen LogP contribution is -2.03. The Morgan fingerprint density at radius 3 is 2.56 bits per heavy atom. The van der Waals surface area contributed by atoms with Crippen molar-refractivity contribution in [1.29, 1.82) is 0 Å². The predicted molar refractivity (Wildman–Crippen MR) is 69.0 cm³/mol. The number of rotatable bonds is 5. The summed E-state index contributed by atoms with van der Waals surface area (Å²) in [6.07, 6.45) is 1.89. The number of aryl methyl sites for hydroxylation is 1. The molecule has 0 saturated heterocycles. The minimum Gasteiger partial charge on any atom is -0.388 e. The van der Waals surface area contributed by atoms with Gasteiger partial charge >= 0.3 is 0 Å². The summed E-state index contributed by atoms with van der Waals surface area (Å²) in [5, 5.41) is 14.4. The highest BCUT2D eigenvalue weighted by Crippen LogP contribution is 2.18. The van der Waals surface area contributed by atoms with Crippen molar-refractivity contribution in [2.24, 2.45) is 7.05 Å². The Morgan fingerprint density at radius 2 is 2.00 bits per heavy atom. The lowest BCUT2D eigenvalue weighted by Gasteiger charge is -2.10. The van der Waals surface area contributed by atoms with Gasteiger partial charge in [0.15, 0.2) is 0 Å². The van der Waals surface area contributed by atoms with Crippen LogP contribution in [0.15, 0.2) is 36.5 Å². The van der Waals surface area contributed by atoms with Gasteiger partial charge in [0.1, 0.15) is 0 Å². The van der Waals surface area contributed by atoms with Crippen LogP contribution in [0.2, 0.25) is 0 Å². The van der Waals surface area contributed by atoms with E-state index in [0.29, 0.717) is 13.0 Å². The molecule has 1 N–H and O–H groups in total. The smallest absolute Gasteiger partial charge is 0.0846 e. The Hall–Kier alpha value is -1.65. The van der Waals surface area contributed by atoms with Crippen molar-refractivity contribution in [3.63, 3.8) is 0 Å². The number of hydrogen-bond donors (Lipinski definition) is 1. The van der Waals surface area contributed by atoms with E-state index in [2.05, 4.69) is 5.10 Å². The summed E-state index contributed by atoms with van der Waals surface area (Å²) in [6.45, 7) is 0.594. The molecule has 1 atom stereocenters. The molecule has 1 aromatic carbocycles. The summed E-state index contributed by atoms with van der Waals surface area (Å²) in [5.74, 6) is 0. The van der Waals surface area contributed by atoms with Gasteiger partial charge in [-0.3, -0.25) is 4.68 Å². The number of nitrogens with zero attached hydrogens (tertiary/aromatic N) is 2. The molecule has 0 aliphatic heterocycles. The first-order valence-electron chi connectivity index (χ1n) is 5.93. The maximum atomic E-state index is 10.1. The Labute approximate surface area is 107 Å². The van der Waals surface area contributed by atoms with Crippen LogP contribution < -0.4 is 0 Å². The third-order valence-electron chi connectivity index (χ3n) is 2.85. The highest BCUT2D eigenvalue weighted by atomic mass is 16.5.